The smallest absolute Gasteiger partial charge is 0.298 e. The number of amides is 1. The van der Waals surface area contributed by atoms with E-state index in [9.17, 15) is 4.79 Å². The van der Waals surface area contributed by atoms with Crippen molar-refractivity contribution in [2.45, 2.75) is 6.42 Å². The average Bonchev–Trinajstić information content (AvgIpc) is 3.47. The van der Waals surface area contributed by atoms with Crippen molar-refractivity contribution in [1.29, 1.82) is 0 Å². The monoisotopic (exact) mass is 468 g/mol. The van der Waals surface area contributed by atoms with Crippen LogP contribution in [0.25, 0.3) is 10.2 Å². The summed E-state index contributed by atoms with van der Waals surface area (Å²) in [6.45, 7) is 4.69. The summed E-state index contributed by atoms with van der Waals surface area (Å²) in [5.41, 5.74) is 0.667. The molecule has 11 heteroatoms. The molecule has 1 aliphatic rings. The largest absolute Gasteiger partial charge is 0.495 e. The molecule has 1 amide bonds. The fourth-order valence-corrected chi connectivity index (χ4v) is 4.51. The number of methoxy groups -OCH3 is 2. The summed E-state index contributed by atoms with van der Waals surface area (Å²) in [4.78, 5) is 21.8. The number of benzene rings is 1. The van der Waals surface area contributed by atoms with Gasteiger partial charge in [0.15, 0.2) is 5.13 Å². The molecule has 9 nitrogen and oxygen atoms in total. The molecular weight excluding hydrogens is 444 g/mol. The number of anilines is 1. The van der Waals surface area contributed by atoms with Gasteiger partial charge in [0, 0.05) is 32.2 Å². The second kappa shape index (κ2) is 10.8. The summed E-state index contributed by atoms with van der Waals surface area (Å²) in [5, 5.41) is 4.23. The Labute approximate surface area is 190 Å². The van der Waals surface area contributed by atoms with E-state index in [1.54, 1.807) is 25.2 Å². The van der Waals surface area contributed by atoms with Crippen LogP contribution < -0.4 is 14.4 Å². The molecule has 4 rings (SSSR count). The highest BCUT2D eigenvalue weighted by Gasteiger charge is 2.26. The molecule has 0 spiro atoms. The second-order valence-corrected chi connectivity index (χ2v) is 7.76. The number of rotatable bonds is 8. The van der Waals surface area contributed by atoms with Crippen molar-refractivity contribution in [3.05, 3.63) is 30.2 Å². The van der Waals surface area contributed by atoms with Gasteiger partial charge in [-0.3, -0.25) is 14.6 Å². The van der Waals surface area contributed by atoms with Gasteiger partial charge in [-0.05, 0) is 18.6 Å². The molecule has 3 heterocycles. The minimum absolute atomic E-state index is 0. The van der Waals surface area contributed by atoms with Crippen LogP contribution in [0.5, 0.6) is 11.5 Å². The van der Waals surface area contributed by atoms with Gasteiger partial charge in [-0.1, -0.05) is 16.5 Å². The molecule has 0 radical (unpaired) electrons. The van der Waals surface area contributed by atoms with E-state index in [1.807, 2.05) is 12.1 Å². The van der Waals surface area contributed by atoms with E-state index in [0.717, 1.165) is 44.0 Å². The van der Waals surface area contributed by atoms with Crippen molar-refractivity contribution < 1.29 is 23.5 Å². The first-order valence-corrected chi connectivity index (χ1v) is 10.6. The normalized spacial score (nSPS) is 14.3. The van der Waals surface area contributed by atoms with Crippen LogP contribution in [0.15, 0.2) is 28.9 Å². The van der Waals surface area contributed by atoms with Crippen molar-refractivity contribution in [2.24, 2.45) is 0 Å². The molecule has 0 bridgehead atoms. The molecule has 1 fully saturated rings. The molecular formula is C20H25ClN4O5S. The minimum Gasteiger partial charge on any atom is -0.495 e. The van der Waals surface area contributed by atoms with Gasteiger partial charge >= 0.3 is 0 Å². The zero-order valence-electron chi connectivity index (χ0n) is 17.4. The SMILES string of the molecule is COc1ccc(OC)c2sc(N(CCCN3CCOCC3)C(=O)c3ccno3)nc12.Cl. The Morgan fingerprint density at radius 1 is 1.19 bits per heavy atom. The van der Waals surface area contributed by atoms with Gasteiger partial charge < -0.3 is 18.7 Å². The summed E-state index contributed by atoms with van der Waals surface area (Å²) in [6, 6.07) is 5.21. The Hall–Kier alpha value is -2.40. The van der Waals surface area contributed by atoms with Crippen molar-refractivity contribution in [3.8, 4) is 11.5 Å². The summed E-state index contributed by atoms with van der Waals surface area (Å²) in [7, 11) is 3.21. The Bertz CT molecular complexity index is 950. The first-order chi connectivity index (χ1) is 14.7. The highest BCUT2D eigenvalue weighted by molar-refractivity contribution is 7.22. The number of aromatic nitrogens is 2. The van der Waals surface area contributed by atoms with Crippen LogP contribution >= 0.6 is 23.7 Å². The van der Waals surface area contributed by atoms with Crippen LogP contribution in [0.2, 0.25) is 0 Å². The number of hydrogen-bond acceptors (Lipinski definition) is 9. The van der Waals surface area contributed by atoms with Gasteiger partial charge in [0.25, 0.3) is 5.91 Å². The molecule has 168 valence electrons. The topological polar surface area (TPSA) is 90.2 Å². The third kappa shape index (κ3) is 5.09. The quantitative estimate of drug-likeness (QED) is 0.498. The van der Waals surface area contributed by atoms with E-state index in [1.165, 1.54) is 17.5 Å². The number of hydrogen-bond donors (Lipinski definition) is 0. The maximum Gasteiger partial charge on any atom is 0.298 e. The fourth-order valence-electron chi connectivity index (χ4n) is 3.41. The molecule has 0 N–H and O–H groups in total. The number of thiazole rings is 1. The van der Waals surface area contributed by atoms with Crippen LogP contribution in [0.1, 0.15) is 17.0 Å². The Morgan fingerprint density at radius 2 is 1.94 bits per heavy atom. The van der Waals surface area contributed by atoms with Gasteiger partial charge in [-0.15, -0.1) is 12.4 Å². The lowest BCUT2D eigenvalue weighted by atomic mass is 10.3. The number of carbonyl (C=O) groups excluding carboxylic acids is 1. The third-order valence-corrected chi connectivity index (χ3v) is 6.08. The molecule has 0 saturated carbocycles. The standard InChI is InChI=1S/C20H24N4O5S.ClH/c1-26-14-4-5-15(27-2)18-17(14)22-20(30-18)24(19(25)16-6-7-21-29-16)9-3-8-23-10-12-28-13-11-23;/h4-7H,3,8-13H2,1-2H3;1H. The second-order valence-electron chi connectivity index (χ2n) is 6.79. The van der Waals surface area contributed by atoms with E-state index in [-0.39, 0.29) is 24.1 Å². The lowest BCUT2D eigenvalue weighted by Gasteiger charge is -2.27. The van der Waals surface area contributed by atoms with E-state index in [0.29, 0.717) is 28.7 Å². The first-order valence-electron chi connectivity index (χ1n) is 9.75. The number of nitrogens with zero attached hydrogens (tertiary/aromatic N) is 4. The van der Waals surface area contributed by atoms with Crippen molar-refractivity contribution in [1.82, 2.24) is 15.0 Å². The van der Waals surface area contributed by atoms with Crippen molar-refractivity contribution >= 4 is 45.0 Å². The van der Waals surface area contributed by atoms with E-state index in [4.69, 9.17) is 23.7 Å². The first kappa shape index (κ1) is 23.3. The summed E-state index contributed by atoms with van der Waals surface area (Å²) < 4.78 is 22.3. The van der Waals surface area contributed by atoms with Crippen molar-refractivity contribution in [3.63, 3.8) is 0 Å². The molecule has 2 aromatic heterocycles. The molecule has 0 atom stereocenters. The lowest BCUT2D eigenvalue weighted by Crippen LogP contribution is -2.39. The predicted molar refractivity (Wildman–Crippen MR) is 120 cm³/mol. The number of ether oxygens (including phenoxy) is 3. The third-order valence-electron chi connectivity index (χ3n) is 4.98. The number of fused-ring (bicyclic) bond motifs is 1. The summed E-state index contributed by atoms with van der Waals surface area (Å²) >= 11 is 1.39. The maximum atomic E-state index is 13.1. The number of halogens is 1. The molecule has 0 aliphatic carbocycles. The fraction of sp³-hybridized carbons (Fsp3) is 0.450. The Morgan fingerprint density at radius 3 is 2.61 bits per heavy atom. The molecule has 1 saturated heterocycles. The summed E-state index contributed by atoms with van der Waals surface area (Å²) in [6.07, 6.45) is 2.26. The highest BCUT2D eigenvalue weighted by atomic mass is 35.5. The van der Waals surface area contributed by atoms with E-state index < -0.39 is 0 Å². The minimum atomic E-state index is -0.272. The number of carbonyl (C=O) groups is 1. The molecule has 1 aliphatic heterocycles. The zero-order chi connectivity index (χ0) is 20.9. The average molecular weight is 469 g/mol. The molecule has 0 unspecified atom stereocenters. The highest BCUT2D eigenvalue weighted by Crippen LogP contribution is 2.40. The van der Waals surface area contributed by atoms with Gasteiger partial charge in [0.05, 0.1) is 33.6 Å². The van der Waals surface area contributed by atoms with Crippen LogP contribution in [0.4, 0.5) is 5.13 Å². The Kier molecular flexibility index (Phi) is 8.08. The predicted octanol–water partition coefficient (Wildman–Crippen LogP) is 3.09. The molecule has 1 aromatic carbocycles. The molecule has 3 aromatic rings. The van der Waals surface area contributed by atoms with Gasteiger partial charge in [0.2, 0.25) is 5.76 Å². The van der Waals surface area contributed by atoms with E-state index >= 15 is 0 Å². The van der Waals surface area contributed by atoms with Crippen LogP contribution in [0, 0.1) is 0 Å². The van der Waals surface area contributed by atoms with Crippen LogP contribution in [-0.2, 0) is 4.74 Å². The lowest BCUT2D eigenvalue weighted by molar-refractivity contribution is 0.0376. The molecule has 31 heavy (non-hydrogen) atoms. The number of morpholine rings is 1. The van der Waals surface area contributed by atoms with Crippen LogP contribution in [0.3, 0.4) is 0 Å². The Balaban J connectivity index is 0.00000272. The van der Waals surface area contributed by atoms with Crippen molar-refractivity contribution in [2.75, 3.05) is 58.5 Å². The van der Waals surface area contributed by atoms with E-state index in [2.05, 4.69) is 10.1 Å². The van der Waals surface area contributed by atoms with Gasteiger partial charge in [-0.25, -0.2) is 4.98 Å². The zero-order valence-corrected chi connectivity index (χ0v) is 19.0. The van der Waals surface area contributed by atoms with Crippen LogP contribution in [-0.4, -0.2) is 74.6 Å². The summed E-state index contributed by atoms with van der Waals surface area (Å²) in [5.74, 6) is 1.23. The van der Waals surface area contributed by atoms with Gasteiger partial charge in [0.1, 0.15) is 21.7 Å². The van der Waals surface area contributed by atoms with Gasteiger partial charge in [-0.2, -0.15) is 0 Å². The maximum absolute atomic E-state index is 13.1.